The van der Waals surface area contributed by atoms with Crippen LogP contribution in [0.3, 0.4) is 0 Å². The van der Waals surface area contributed by atoms with Crippen molar-refractivity contribution >= 4 is 12.0 Å². The molecule has 1 saturated heterocycles. The Kier molecular flexibility index (Phi) is 3.27. The van der Waals surface area contributed by atoms with Crippen LogP contribution in [0.15, 0.2) is 16.5 Å². The highest BCUT2D eigenvalue weighted by molar-refractivity contribution is 5.79. The number of carbonyl (C=O) groups is 2. The highest BCUT2D eigenvalue weighted by Gasteiger charge is 2.36. The number of aliphatic carboxylic acids is 1. The van der Waals surface area contributed by atoms with E-state index in [4.69, 9.17) is 9.52 Å². The zero-order valence-corrected chi connectivity index (χ0v) is 10.3. The minimum absolute atomic E-state index is 0.227. The number of furan rings is 1. The summed E-state index contributed by atoms with van der Waals surface area (Å²) in [4.78, 5) is 23.9. The lowest BCUT2D eigenvalue weighted by atomic mass is 10.0. The summed E-state index contributed by atoms with van der Waals surface area (Å²) in [6.45, 7) is 4.20. The van der Waals surface area contributed by atoms with E-state index in [0.717, 1.165) is 5.76 Å². The summed E-state index contributed by atoms with van der Waals surface area (Å²) >= 11 is 0. The number of aryl methyl sites for hydroxylation is 1. The van der Waals surface area contributed by atoms with Crippen molar-refractivity contribution in [2.45, 2.75) is 19.9 Å². The third kappa shape index (κ3) is 2.47. The first kappa shape index (κ1) is 12.5. The quantitative estimate of drug-likeness (QED) is 0.851. The number of carbonyl (C=O) groups excluding carboxylic acids is 1. The number of likely N-dealkylation sites (tertiary alicyclic amines) is 1. The second-order valence-corrected chi connectivity index (χ2v) is 4.56. The zero-order valence-electron chi connectivity index (χ0n) is 10.3. The van der Waals surface area contributed by atoms with Crippen molar-refractivity contribution in [1.82, 2.24) is 10.2 Å². The summed E-state index contributed by atoms with van der Waals surface area (Å²) in [5, 5.41) is 11.5. The molecule has 0 radical (unpaired) electrons. The van der Waals surface area contributed by atoms with Crippen LogP contribution >= 0.6 is 0 Å². The van der Waals surface area contributed by atoms with Gasteiger partial charge in [0.25, 0.3) is 0 Å². The number of carboxylic acid groups (broad SMARTS) is 1. The highest BCUT2D eigenvalue weighted by atomic mass is 16.4. The molecule has 0 bridgehead atoms. The maximum Gasteiger partial charge on any atom is 0.318 e. The Morgan fingerprint density at radius 2 is 2.17 bits per heavy atom. The van der Waals surface area contributed by atoms with Gasteiger partial charge in [0.15, 0.2) is 0 Å². The lowest BCUT2D eigenvalue weighted by molar-refractivity contribution is -0.146. The van der Waals surface area contributed by atoms with Gasteiger partial charge in [0, 0.05) is 13.1 Å². The molecule has 2 heterocycles. The van der Waals surface area contributed by atoms with Crippen molar-refractivity contribution in [3.05, 3.63) is 23.7 Å². The van der Waals surface area contributed by atoms with Crippen LogP contribution in [0, 0.1) is 12.8 Å². The maximum atomic E-state index is 11.8. The van der Waals surface area contributed by atoms with E-state index in [2.05, 4.69) is 5.32 Å². The van der Waals surface area contributed by atoms with Crippen LogP contribution in [0.5, 0.6) is 0 Å². The first-order valence-corrected chi connectivity index (χ1v) is 5.82. The lowest BCUT2D eigenvalue weighted by Crippen LogP contribution is -2.56. The van der Waals surface area contributed by atoms with Gasteiger partial charge < -0.3 is 19.7 Å². The largest absolute Gasteiger partial charge is 0.481 e. The predicted octanol–water partition coefficient (Wildman–Crippen LogP) is 1.38. The minimum atomic E-state index is -0.853. The van der Waals surface area contributed by atoms with Gasteiger partial charge in [0.1, 0.15) is 11.5 Å². The van der Waals surface area contributed by atoms with Crippen molar-refractivity contribution < 1.29 is 19.1 Å². The van der Waals surface area contributed by atoms with Crippen molar-refractivity contribution in [1.29, 1.82) is 0 Å². The summed E-state index contributed by atoms with van der Waals surface area (Å²) in [7, 11) is 0. The average Bonchev–Trinajstić information content (AvgIpc) is 2.61. The van der Waals surface area contributed by atoms with Crippen LogP contribution in [0.25, 0.3) is 0 Å². The van der Waals surface area contributed by atoms with Gasteiger partial charge in [-0.05, 0) is 26.0 Å². The van der Waals surface area contributed by atoms with E-state index in [1.165, 1.54) is 4.90 Å². The first-order chi connectivity index (χ1) is 8.47. The number of carboxylic acids is 1. The molecule has 18 heavy (non-hydrogen) atoms. The van der Waals surface area contributed by atoms with Gasteiger partial charge in [-0.15, -0.1) is 0 Å². The van der Waals surface area contributed by atoms with Crippen LogP contribution in [-0.2, 0) is 4.79 Å². The Morgan fingerprint density at radius 1 is 1.50 bits per heavy atom. The molecule has 2 N–H and O–H groups in total. The van der Waals surface area contributed by atoms with Gasteiger partial charge in [0.2, 0.25) is 0 Å². The molecule has 0 spiro atoms. The molecule has 1 aliphatic heterocycles. The van der Waals surface area contributed by atoms with E-state index in [9.17, 15) is 9.59 Å². The SMILES string of the molecule is Cc1ccc(C(C)NC(=O)N2CC(C(=O)O)C2)o1. The van der Waals surface area contributed by atoms with Crippen LogP contribution in [-0.4, -0.2) is 35.1 Å². The lowest BCUT2D eigenvalue weighted by Gasteiger charge is -2.37. The molecule has 2 rings (SSSR count). The molecule has 1 aromatic rings. The van der Waals surface area contributed by atoms with Gasteiger partial charge in [0.05, 0.1) is 12.0 Å². The molecule has 0 saturated carbocycles. The maximum absolute atomic E-state index is 11.8. The van der Waals surface area contributed by atoms with Crippen molar-refractivity contribution in [3.8, 4) is 0 Å². The summed E-state index contributed by atoms with van der Waals surface area (Å²) in [5.74, 6) is 0.197. The van der Waals surface area contributed by atoms with Gasteiger partial charge in [-0.1, -0.05) is 0 Å². The van der Waals surface area contributed by atoms with Crippen LogP contribution in [0.1, 0.15) is 24.5 Å². The predicted molar refractivity (Wildman–Crippen MR) is 63.1 cm³/mol. The Bertz CT molecular complexity index is 462. The molecular formula is C12H16N2O4. The number of amides is 2. The van der Waals surface area contributed by atoms with Crippen molar-refractivity contribution in [3.63, 3.8) is 0 Å². The molecule has 0 aromatic carbocycles. The fraction of sp³-hybridized carbons (Fsp3) is 0.500. The second-order valence-electron chi connectivity index (χ2n) is 4.56. The third-order valence-electron chi connectivity index (χ3n) is 3.05. The van der Waals surface area contributed by atoms with E-state index in [-0.39, 0.29) is 25.2 Å². The Hall–Kier alpha value is -1.98. The fourth-order valence-electron chi connectivity index (χ4n) is 1.83. The van der Waals surface area contributed by atoms with E-state index >= 15 is 0 Å². The molecule has 1 fully saturated rings. The van der Waals surface area contributed by atoms with Gasteiger partial charge >= 0.3 is 12.0 Å². The number of nitrogens with zero attached hydrogens (tertiary/aromatic N) is 1. The van der Waals surface area contributed by atoms with E-state index in [1.807, 2.05) is 26.0 Å². The van der Waals surface area contributed by atoms with Crippen LogP contribution in [0.4, 0.5) is 4.79 Å². The van der Waals surface area contributed by atoms with Gasteiger partial charge in [-0.2, -0.15) is 0 Å². The Balaban J connectivity index is 1.84. The van der Waals surface area contributed by atoms with Gasteiger partial charge in [-0.25, -0.2) is 4.79 Å². The molecular weight excluding hydrogens is 236 g/mol. The zero-order chi connectivity index (χ0) is 13.3. The molecule has 0 aliphatic carbocycles. The van der Waals surface area contributed by atoms with Crippen LogP contribution in [0.2, 0.25) is 0 Å². The molecule has 2 amide bonds. The number of hydrogen-bond donors (Lipinski definition) is 2. The van der Waals surface area contributed by atoms with E-state index in [0.29, 0.717) is 5.76 Å². The summed E-state index contributed by atoms with van der Waals surface area (Å²) in [6, 6.07) is 3.17. The van der Waals surface area contributed by atoms with Crippen molar-refractivity contribution in [2.75, 3.05) is 13.1 Å². The normalized spacial score (nSPS) is 17.1. The molecule has 6 heteroatoms. The summed E-state index contributed by atoms with van der Waals surface area (Å²) in [6.07, 6.45) is 0. The number of urea groups is 1. The third-order valence-corrected chi connectivity index (χ3v) is 3.05. The molecule has 1 unspecified atom stereocenters. The summed E-state index contributed by atoms with van der Waals surface area (Å²) < 4.78 is 5.41. The fourth-order valence-corrected chi connectivity index (χ4v) is 1.83. The first-order valence-electron chi connectivity index (χ1n) is 5.82. The van der Waals surface area contributed by atoms with Crippen molar-refractivity contribution in [2.24, 2.45) is 5.92 Å². The molecule has 98 valence electrons. The monoisotopic (exact) mass is 252 g/mol. The number of rotatable bonds is 3. The summed E-state index contributed by atoms with van der Waals surface area (Å²) in [5.41, 5.74) is 0. The number of hydrogen-bond acceptors (Lipinski definition) is 3. The smallest absolute Gasteiger partial charge is 0.318 e. The number of nitrogens with one attached hydrogen (secondary N) is 1. The van der Waals surface area contributed by atoms with Crippen LogP contribution < -0.4 is 5.32 Å². The standard InChI is InChI=1S/C12H16N2O4/c1-7-3-4-10(18-7)8(2)13-12(17)14-5-9(6-14)11(15)16/h3-4,8-9H,5-6H2,1-2H3,(H,13,17)(H,15,16). The minimum Gasteiger partial charge on any atom is -0.481 e. The topological polar surface area (TPSA) is 82.8 Å². The molecule has 6 nitrogen and oxygen atoms in total. The average molecular weight is 252 g/mol. The molecule has 1 aliphatic rings. The van der Waals surface area contributed by atoms with E-state index < -0.39 is 11.9 Å². The molecule has 1 aromatic heterocycles. The molecule has 1 atom stereocenters. The highest BCUT2D eigenvalue weighted by Crippen LogP contribution is 2.19. The van der Waals surface area contributed by atoms with E-state index in [1.54, 1.807) is 0 Å². The second kappa shape index (κ2) is 4.72. The Labute approximate surface area is 105 Å². The van der Waals surface area contributed by atoms with Gasteiger partial charge in [-0.3, -0.25) is 4.79 Å². The Morgan fingerprint density at radius 3 is 2.67 bits per heavy atom.